The van der Waals surface area contributed by atoms with Crippen LogP contribution in [0.2, 0.25) is 0 Å². The Morgan fingerprint density at radius 1 is 1.08 bits per heavy atom. The monoisotopic (exact) mass is 348 g/mol. The molecule has 1 N–H and O–H groups in total. The van der Waals surface area contributed by atoms with Crippen LogP contribution in [0.5, 0.6) is 5.75 Å². The molecule has 0 radical (unpaired) electrons. The number of ether oxygens (including phenoxy) is 1. The predicted octanol–water partition coefficient (Wildman–Crippen LogP) is 2.59. The molecule has 0 saturated carbocycles. The van der Waals surface area contributed by atoms with Gasteiger partial charge in [-0.25, -0.2) is 13.1 Å². The normalized spacial score (nSPS) is 11.3. The van der Waals surface area contributed by atoms with Crippen LogP contribution in [0.15, 0.2) is 47.4 Å². The Balaban J connectivity index is 1.98. The standard InChI is InChI=1S/C18H24N2O3S/c1-14-13-17(9-10-18(14)23-4)24(21,22)19-12-11-15-5-7-16(8-6-15)20(2)3/h5-10,13,19H,11-12H2,1-4H3. The van der Waals surface area contributed by atoms with Gasteiger partial charge >= 0.3 is 0 Å². The number of aryl methyl sites for hydroxylation is 1. The largest absolute Gasteiger partial charge is 0.496 e. The van der Waals surface area contributed by atoms with Gasteiger partial charge in [-0.15, -0.1) is 0 Å². The van der Waals surface area contributed by atoms with Gasteiger partial charge in [-0.1, -0.05) is 12.1 Å². The highest BCUT2D eigenvalue weighted by Gasteiger charge is 2.14. The Labute approximate surface area is 144 Å². The maximum absolute atomic E-state index is 12.4. The molecular weight excluding hydrogens is 324 g/mol. The van der Waals surface area contributed by atoms with Gasteiger partial charge in [0.1, 0.15) is 5.75 Å². The Morgan fingerprint density at radius 2 is 1.75 bits per heavy atom. The molecule has 5 nitrogen and oxygen atoms in total. The van der Waals surface area contributed by atoms with Crippen LogP contribution >= 0.6 is 0 Å². The lowest BCUT2D eigenvalue weighted by Crippen LogP contribution is -2.26. The highest BCUT2D eigenvalue weighted by atomic mass is 32.2. The summed E-state index contributed by atoms with van der Waals surface area (Å²) in [7, 11) is 2.02. The van der Waals surface area contributed by atoms with Crippen LogP contribution in [0.25, 0.3) is 0 Å². The van der Waals surface area contributed by atoms with Gasteiger partial charge in [0, 0.05) is 26.3 Å². The number of methoxy groups -OCH3 is 1. The summed E-state index contributed by atoms with van der Waals surface area (Å²) in [4.78, 5) is 2.28. The first-order valence-electron chi connectivity index (χ1n) is 7.74. The van der Waals surface area contributed by atoms with Crippen molar-refractivity contribution < 1.29 is 13.2 Å². The number of anilines is 1. The quantitative estimate of drug-likeness (QED) is 0.835. The van der Waals surface area contributed by atoms with Crippen molar-refractivity contribution in [3.63, 3.8) is 0 Å². The smallest absolute Gasteiger partial charge is 0.240 e. The van der Waals surface area contributed by atoms with E-state index in [1.54, 1.807) is 25.3 Å². The average Bonchev–Trinajstić information content (AvgIpc) is 2.55. The van der Waals surface area contributed by atoms with Gasteiger partial charge in [-0.2, -0.15) is 0 Å². The van der Waals surface area contributed by atoms with Crippen LogP contribution in [0.3, 0.4) is 0 Å². The van der Waals surface area contributed by atoms with E-state index in [1.165, 1.54) is 0 Å². The summed E-state index contributed by atoms with van der Waals surface area (Å²) in [5, 5.41) is 0. The fourth-order valence-corrected chi connectivity index (χ4v) is 3.51. The third-order valence-electron chi connectivity index (χ3n) is 3.84. The molecule has 0 aromatic heterocycles. The zero-order valence-corrected chi connectivity index (χ0v) is 15.4. The molecule has 0 spiro atoms. The predicted molar refractivity (Wildman–Crippen MR) is 97.4 cm³/mol. The van der Waals surface area contributed by atoms with Crippen LogP contribution in [-0.4, -0.2) is 36.2 Å². The second-order valence-corrected chi connectivity index (χ2v) is 7.61. The zero-order chi connectivity index (χ0) is 17.7. The molecule has 6 heteroatoms. The fraction of sp³-hybridized carbons (Fsp3) is 0.333. The molecule has 130 valence electrons. The van der Waals surface area contributed by atoms with Gasteiger partial charge in [0.25, 0.3) is 0 Å². The van der Waals surface area contributed by atoms with Gasteiger partial charge in [0.2, 0.25) is 10.0 Å². The molecule has 0 unspecified atom stereocenters. The van der Waals surface area contributed by atoms with Gasteiger partial charge in [0.05, 0.1) is 12.0 Å². The molecule has 0 atom stereocenters. The molecule has 2 rings (SSSR count). The lowest BCUT2D eigenvalue weighted by atomic mass is 10.1. The van der Waals surface area contributed by atoms with Crippen LogP contribution < -0.4 is 14.4 Å². The molecule has 0 saturated heterocycles. The highest BCUT2D eigenvalue weighted by molar-refractivity contribution is 7.89. The van der Waals surface area contributed by atoms with Crippen molar-refractivity contribution >= 4 is 15.7 Å². The van der Waals surface area contributed by atoms with E-state index in [-0.39, 0.29) is 4.90 Å². The van der Waals surface area contributed by atoms with E-state index in [1.807, 2.05) is 50.2 Å². The Bertz CT molecular complexity index is 784. The van der Waals surface area contributed by atoms with Crippen LogP contribution in [0, 0.1) is 6.92 Å². The van der Waals surface area contributed by atoms with Crippen molar-refractivity contribution in [2.45, 2.75) is 18.2 Å². The van der Waals surface area contributed by atoms with Crippen molar-refractivity contribution in [2.24, 2.45) is 0 Å². The number of nitrogens with one attached hydrogen (secondary N) is 1. The molecule has 24 heavy (non-hydrogen) atoms. The van der Waals surface area contributed by atoms with Crippen molar-refractivity contribution in [1.82, 2.24) is 4.72 Å². The lowest BCUT2D eigenvalue weighted by molar-refractivity contribution is 0.411. The minimum absolute atomic E-state index is 0.253. The SMILES string of the molecule is COc1ccc(S(=O)(=O)NCCc2ccc(N(C)C)cc2)cc1C. The van der Waals surface area contributed by atoms with Crippen LogP contribution in [0.1, 0.15) is 11.1 Å². The molecule has 0 aliphatic heterocycles. The molecule has 2 aromatic rings. The maximum Gasteiger partial charge on any atom is 0.240 e. The molecule has 0 aliphatic rings. The zero-order valence-electron chi connectivity index (χ0n) is 14.5. The molecule has 0 heterocycles. The number of nitrogens with zero attached hydrogens (tertiary/aromatic N) is 1. The topological polar surface area (TPSA) is 58.6 Å². The number of sulfonamides is 1. The van der Waals surface area contributed by atoms with Gasteiger partial charge < -0.3 is 9.64 Å². The molecule has 0 amide bonds. The molecule has 2 aromatic carbocycles. The van der Waals surface area contributed by atoms with E-state index in [9.17, 15) is 8.42 Å². The van der Waals surface area contributed by atoms with E-state index < -0.39 is 10.0 Å². The first-order chi connectivity index (χ1) is 11.3. The first-order valence-corrected chi connectivity index (χ1v) is 9.22. The van der Waals surface area contributed by atoms with E-state index >= 15 is 0 Å². The minimum atomic E-state index is -3.51. The van der Waals surface area contributed by atoms with Crippen molar-refractivity contribution in [1.29, 1.82) is 0 Å². The summed E-state index contributed by atoms with van der Waals surface area (Å²) in [5.74, 6) is 0.676. The summed E-state index contributed by atoms with van der Waals surface area (Å²) >= 11 is 0. The number of rotatable bonds is 7. The Kier molecular flexibility index (Phi) is 5.85. The van der Waals surface area contributed by atoms with Gasteiger partial charge in [-0.3, -0.25) is 0 Å². The van der Waals surface area contributed by atoms with Crippen molar-refractivity contribution in [3.8, 4) is 5.75 Å². The third-order valence-corrected chi connectivity index (χ3v) is 5.29. The number of hydrogen-bond donors (Lipinski definition) is 1. The Morgan fingerprint density at radius 3 is 2.29 bits per heavy atom. The molecule has 0 aliphatic carbocycles. The first kappa shape index (κ1) is 18.3. The molecule has 0 bridgehead atoms. The summed E-state index contributed by atoms with van der Waals surface area (Å²) < 4.78 is 32.5. The fourth-order valence-electron chi connectivity index (χ4n) is 2.39. The van der Waals surface area contributed by atoms with Crippen molar-refractivity contribution in [2.75, 3.05) is 32.6 Å². The second kappa shape index (κ2) is 7.68. The summed E-state index contributed by atoms with van der Waals surface area (Å²) in [6.45, 7) is 2.18. The number of hydrogen-bond acceptors (Lipinski definition) is 4. The molecule has 0 fully saturated rings. The van der Waals surface area contributed by atoms with E-state index in [2.05, 4.69) is 4.72 Å². The van der Waals surface area contributed by atoms with Crippen LogP contribution in [0.4, 0.5) is 5.69 Å². The lowest BCUT2D eigenvalue weighted by Gasteiger charge is -2.13. The van der Waals surface area contributed by atoms with Crippen LogP contribution in [-0.2, 0) is 16.4 Å². The maximum atomic E-state index is 12.4. The third kappa shape index (κ3) is 4.49. The summed E-state index contributed by atoms with van der Waals surface area (Å²) in [6, 6.07) is 12.9. The number of benzene rings is 2. The summed E-state index contributed by atoms with van der Waals surface area (Å²) in [5.41, 5.74) is 3.00. The average molecular weight is 348 g/mol. The summed E-state index contributed by atoms with van der Waals surface area (Å²) in [6.07, 6.45) is 0.641. The van der Waals surface area contributed by atoms with E-state index in [0.717, 1.165) is 16.8 Å². The Hall–Kier alpha value is -2.05. The molecular formula is C18H24N2O3S. The van der Waals surface area contributed by atoms with E-state index in [0.29, 0.717) is 18.7 Å². The van der Waals surface area contributed by atoms with E-state index in [4.69, 9.17) is 4.74 Å². The second-order valence-electron chi connectivity index (χ2n) is 5.84. The van der Waals surface area contributed by atoms with Gasteiger partial charge in [-0.05, 0) is 54.8 Å². The highest BCUT2D eigenvalue weighted by Crippen LogP contribution is 2.21. The van der Waals surface area contributed by atoms with Gasteiger partial charge in [0.15, 0.2) is 0 Å². The minimum Gasteiger partial charge on any atom is -0.496 e. The van der Waals surface area contributed by atoms with Crippen molar-refractivity contribution in [3.05, 3.63) is 53.6 Å².